The monoisotopic (exact) mass is 810 g/mol. The summed E-state index contributed by atoms with van der Waals surface area (Å²) in [6.45, 7) is 4.13. The molecule has 0 amide bonds. The van der Waals surface area contributed by atoms with Crippen LogP contribution in [-0.2, 0) is 32.7 Å². The van der Waals surface area contributed by atoms with Crippen molar-refractivity contribution in [2.75, 3.05) is 47.5 Å². The minimum Gasteiger partial charge on any atom is -0.756 e. The highest BCUT2D eigenvalue weighted by atomic mass is 31.2. The molecule has 2 unspecified atom stereocenters. The van der Waals surface area contributed by atoms with Crippen LogP contribution in [0.2, 0.25) is 0 Å². The molecule has 0 saturated carbocycles. The number of allylic oxidation sites excluding steroid dienone is 8. The van der Waals surface area contributed by atoms with Crippen molar-refractivity contribution in [2.45, 2.75) is 187 Å². The molecule has 0 rings (SSSR count). The molecule has 0 aromatic rings. The molecule has 0 fully saturated rings. The number of hydrogen-bond donors (Lipinski definition) is 0. The molecule has 0 bridgehead atoms. The molecule has 10 heteroatoms. The van der Waals surface area contributed by atoms with Gasteiger partial charge < -0.3 is 27.9 Å². The highest BCUT2D eigenvalue weighted by molar-refractivity contribution is 7.45. The van der Waals surface area contributed by atoms with Crippen LogP contribution in [0.4, 0.5) is 0 Å². The Balaban J connectivity index is 4.46. The fourth-order valence-electron chi connectivity index (χ4n) is 5.84. The third-order valence-corrected chi connectivity index (χ3v) is 10.3. The smallest absolute Gasteiger partial charge is 0.306 e. The highest BCUT2D eigenvalue weighted by Crippen LogP contribution is 2.38. The molecule has 0 N–H and O–H groups in total. The van der Waals surface area contributed by atoms with Crippen molar-refractivity contribution in [3.8, 4) is 0 Å². The van der Waals surface area contributed by atoms with Crippen molar-refractivity contribution in [3.63, 3.8) is 0 Å². The number of phosphoric ester groups is 1. The van der Waals surface area contributed by atoms with Crippen LogP contribution in [0.5, 0.6) is 0 Å². The lowest BCUT2D eigenvalue weighted by molar-refractivity contribution is -0.870. The molecule has 0 aliphatic rings. The van der Waals surface area contributed by atoms with E-state index in [4.69, 9.17) is 18.5 Å². The lowest BCUT2D eigenvalue weighted by atomic mass is 10.0. The van der Waals surface area contributed by atoms with E-state index in [9.17, 15) is 19.0 Å². The Morgan fingerprint density at radius 3 is 1.50 bits per heavy atom. The van der Waals surface area contributed by atoms with Gasteiger partial charge in [0.05, 0.1) is 27.7 Å². The minimum absolute atomic E-state index is 0.0435. The van der Waals surface area contributed by atoms with Crippen LogP contribution in [0.3, 0.4) is 0 Å². The van der Waals surface area contributed by atoms with Crippen LogP contribution >= 0.6 is 7.82 Å². The summed E-state index contributed by atoms with van der Waals surface area (Å²) in [4.78, 5) is 37.5. The van der Waals surface area contributed by atoms with E-state index < -0.39 is 32.5 Å². The van der Waals surface area contributed by atoms with E-state index >= 15 is 0 Å². The maximum Gasteiger partial charge on any atom is 0.306 e. The number of quaternary nitrogens is 1. The molecular formula is C46H84NO8P. The zero-order valence-corrected chi connectivity index (χ0v) is 37.5. The first-order valence-corrected chi connectivity index (χ1v) is 23.8. The Kier molecular flexibility index (Phi) is 37.1. The second-order valence-electron chi connectivity index (χ2n) is 16.1. The van der Waals surface area contributed by atoms with Crippen molar-refractivity contribution in [1.29, 1.82) is 0 Å². The number of nitrogens with zero attached hydrogens (tertiary/aromatic N) is 1. The Bertz CT molecular complexity index is 1100. The first kappa shape index (κ1) is 54.0. The Hall–Kier alpha value is -2.03. The lowest BCUT2D eigenvalue weighted by Crippen LogP contribution is -2.37. The molecule has 0 aliphatic carbocycles. The summed E-state index contributed by atoms with van der Waals surface area (Å²) < 4.78 is 33.8. The van der Waals surface area contributed by atoms with Gasteiger partial charge in [-0.05, 0) is 44.9 Å². The SMILES string of the molecule is CCCCCC/C=C\C/C=C\C/C=C\C/C=C\CCC(=O)OC(COC(=O)CCCCCCCCCCCCCCCCC)COP(=O)([O-])OCC[N+](C)(C)C. The van der Waals surface area contributed by atoms with Crippen molar-refractivity contribution in [1.82, 2.24) is 0 Å². The average molecular weight is 810 g/mol. The first-order chi connectivity index (χ1) is 27.0. The maximum atomic E-state index is 12.6. The molecular weight excluding hydrogens is 725 g/mol. The van der Waals surface area contributed by atoms with E-state index in [1.54, 1.807) is 0 Å². The Morgan fingerprint density at radius 2 is 1.00 bits per heavy atom. The van der Waals surface area contributed by atoms with Gasteiger partial charge in [-0.15, -0.1) is 0 Å². The fraction of sp³-hybridized carbons (Fsp3) is 0.783. The summed E-state index contributed by atoms with van der Waals surface area (Å²) in [7, 11) is 1.12. The summed E-state index contributed by atoms with van der Waals surface area (Å²) in [6.07, 6.45) is 44.4. The van der Waals surface area contributed by atoms with Crippen molar-refractivity contribution >= 4 is 19.8 Å². The van der Waals surface area contributed by atoms with Gasteiger partial charge in [0, 0.05) is 12.8 Å². The number of carbonyl (C=O) groups excluding carboxylic acids is 2. The molecule has 0 aliphatic heterocycles. The molecule has 0 aromatic carbocycles. The number of rotatable bonds is 40. The summed E-state index contributed by atoms with van der Waals surface area (Å²) in [5, 5.41) is 0. The van der Waals surface area contributed by atoms with Gasteiger partial charge in [-0.1, -0.05) is 172 Å². The molecule has 9 nitrogen and oxygen atoms in total. The van der Waals surface area contributed by atoms with E-state index in [1.165, 1.54) is 109 Å². The van der Waals surface area contributed by atoms with Gasteiger partial charge in [-0.2, -0.15) is 0 Å². The molecule has 0 spiro atoms. The lowest BCUT2D eigenvalue weighted by Gasteiger charge is -2.28. The summed E-state index contributed by atoms with van der Waals surface area (Å²) in [5.41, 5.74) is 0. The number of carbonyl (C=O) groups is 2. The molecule has 0 radical (unpaired) electrons. The zero-order chi connectivity index (χ0) is 41.4. The second-order valence-corrected chi connectivity index (χ2v) is 17.5. The summed E-state index contributed by atoms with van der Waals surface area (Å²) >= 11 is 0. The summed E-state index contributed by atoms with van der Waals surface area (Å²) in [5.74, 6) is -0.925. The largest absolute Gasteiger partial charge is 0.756 e. The van der Waals surface area contributed by atoms with Crippen LogP contribution in [0.15, 0.2) is 48.6 Å². The molecule has 0 saturated heterocycles. The topological polar surface area (TPSA) is 111 Å². The van der Waals surface area contributed by atoms with Crippen LogP contribution in [-0.4, -0.2) is 70.0 Å². The van der Waals surface area contributed by atoms with Crippen molar-refractivity contribution in [3.05, 3.63) is 48.6 Å². The molecule has 2 atom stereocenters. The second kappa shape index (κ2) is 38.5. The van der Waals surface area contributed by atoms with E-state index in [1.807, 2.05) is 33.3 Å². The van der Waals surface area contributed by atoms with Crippen LogP contribution in [0.1, 0.15) is 181 Å². The standard InChI is InChI=1S/C46H84NO8P/c1-6-8-10-12-14-16-18-20-22-23-25-27-29-31-33-35-37-39-46(49)55-44(43-54-56(50,51)53-41-40-47(3,4)5)42-52-45(48)38-36-34-32-30-28-26-24-21-19-17-15-13-11-9-7-2/h16,18,22-23,27,29,33,35,44H,6-15,17,19-21,24-26,28,30-32,34,36-43H2,1-5H3/b18-16-,23-22-,29-27-,35-33-. The number of ether oxygens (including phenoxy) is 2. The van der Waals surface area contributed by atoms with E-state index in [-0.39, 0.29) is 26.1 Å². The fourth-order valence-corrected chi connectivity index (χ4v) is 6.57. The van der Waals surface area contributed by atoms with E-state index in [0.717, 1.165) is 38.5 Å². The van der Waals surface area contributed by atoms with E-state index in [0.29, 0.717) is 17.4 Å². The van der Waals surface area contributed by atoms with Crippen molar-refractivity contribution in [2.24, 2.45) is 0 Å². The number of esters is 2. The molecule has 56 heavy (non-hydrogen) atoms. The first-order valence-electron chi connectivity index (χ1n) is 22.3. The number of phosphoric acid groups is 1. The predicted molar refractivity (Wildman–Crippen MR) is 231 cm³/mol. The average Bonchev–Trinajstić information content (AvgIpc) is 3.15. The maximum absolute atomic E-state index is 12.6. The highest BCUT2D eigenvalue weighted by Gasteiger charge is 2.21. The Labute approximate surface area is 343 Å². The third-order valence-electron chi connectivity index (χ3n) is 9.37. The van der Waals surface area contributed by atoms with Crippen LogP contribution < -0.4 is 4.89 Å². The zero-order valence-electron chi connectivity index (χ0n) is 36.6. The summed E-state index contributed by atoms with van der Waals surface area (Å²) in [6, 6.07) is 0. The molecule has 326 valence electrons. The molecule has 0 aromatic heterocycles. The van der Waals surface area contributed by atoms with Crippen LogP contribution in [0.25, 0.3) is 0 Å². The number of hydrogen-bond acceptors (Lipinski definition) is 8. The normalized spacial score (nSPS) is 14.0. The molecule has 0 heterocycles. The Morgan fingerprint density at radius 1 is 0.554 bits per heavy atom. The van der Waals surface area contributed by atoms with Gasteiger partial charge in [0.1, 0.15) is 19.8 Å². The van der Waals surface area contributed by atoms with Gasteiger partial charge in [0.2, 0.25) is 0 Å². The van der Waals surface area contributed by atoms with Crippen LogP contribution in [0, 0.1) is 0 Å². The van der Waals surface area contributed by atoms with Gasteiger partial charge in [0.25, 0.3) is 7.82 Å². The van der Waals surface area contributed by atoms with Gasteiger partial charge in [-0.3, -0.25) is 14.2 Å². The van der Waals surface area contributed by atoms with Crippen molar-refractivity contribution < 1.29 is 42.1 Å². The third kappa shape index (κ3) is 41.6. The van der Waals surface area contributed by atoms with Gasteiger partial charge >= 0.3 is 11.9 Å². The minimum atomic E-state index is -4.64. The predicted octanol–water partition coefficient (Wildman–Crippen LogP) is 12.1. The van der Waals surface area contributed by atoms with Gasteiger partial charge in [-0.25, -0.2) is 0 Å². The van der Waals surface area contributed by atoms with E-state index in [2.05, 4.69) is 50.3 Å². The number of unbranched alkanes of at least 4 members (excludes halogenated alkanes) is 18. The quantitative estimate of drug-likeness (QED) is 0.0198. The van der Waals surface area contributed by atoms with Gasteiger partial charge in [0.15, 0.2) is 6.10 Å². The number of likely N-dealkylation sites (N-methyl/N-ethyl adjacent to an activating group) is 1.